The maximum Gasteiger partial charge on any atom is 0.243 e. The van der Waals surface area contributed by atoms with E-state index in [1.165, 1.54) is 28.9 Å². The number of rotatable bonds is 4. The molecule has 3 rings (SSSR count). The molecule has 1 fully saturated rings. The van der Waals surface area contributed by atoms with E-state index in [4.69, 9.17) is 0 Å². The monoisotopic (exact) mass is 329 g/mol. The first-order valence-corrected chi connectivity index (χ1v) is 9.08. The van der Waals surface area contributed by atoms with Crippen molar-refractivity contribution < 1.29 is 13.2 Å². The van der Waals surface area contributed by atoms with E-state index in [1.54, 1.807) is 12.1 Å². The number of nitrogens with zero attached hydrogens (tertiary/aromatic N) is 1. The zero-order valence-electron chi connectivity index (χ0n) is 13.0. The predicted molar refractivity (Wildman–Crippen MR) is 89.0 cm³/mol. The molecule has 1 aliphatic rings. The second-order valence-electron chi connectivity index (χ2n) is 5.84. The van der Waals surface area contributed by atoms with Crippen LogP contribution < -0.4 is 0 Å². The zero-order valence-corrected chi connectivity index (χ0v) is 13.8. The van der Waals surface area contributed by atoms with Crippen molar-refractivity contribution in [1.82, 2.24) is 4.31 Å². The minimum absolute atomic E-state index is 0.0701. The van der Waals surface area contributed by atoms with Gasteiger partial charge in [-0.25, -0.2) is 8.42 Å². The first-order valence-electron chi connectivity index (χ1n) is 7.64. The fourth-order valence-corrected chi connectivity index (χ4v) is 4.45. The first kappa shape index (κ1) is 15.9. The summed E-state index contributed by atoms with van der Waals surface area (Å²) in [7, 11) is -3.50. The third-order valence-electron chi connectivity index (χ3n) is 4.32. The number of hydrogen-bond donors (Lipinski definition) is 0. The summed E-state index contributed by atoms with van der Waals surface area (Å²) in [5.74, 6) is 0.168. The zero-order chi connectivity index (χ0) is 16.4. The topological polar surface area (TPSA) is 54.5 Å². The molecule has 2 aromatic carbocycles. The number of hydrogen-bond acceptors (Lipinski definition) is 3. The third kappa shape index (κ3) is 3.21. The van der Waals surface area contributed by atoms with Crippen molar-refractivity contribution in [1.29, 1.82) is 0 Å². The summed E-state index contributed by atoms with van der Waals surface area (Å²) in [4.78, 5) is 11.5. The molecule has 4 nitrogen and oxygen atoms in total. The van der Waals surface area contributed by atoms with Gasteiger partial charge in [-0.1, -0.05) is 42.5 Å². The fraction of sp³-hybridized carbons (Fsp3) is 0.278. The third-order valence-corrected chi connectivity index (χ3v) is 6.20. The van der Waals surface area contributed by atoms with Gasteiger partial charge in [-0.2, -0.15) is 4.31 Å². The smallest absolute Gasteiger partial charge is 0.243 e. The second-order valence-corrected chi connectivity index (χ2v) is 7.78. The van der Waals surface area contributed by atoms with Crippen LogP contribution in [-0.4, -0.2) is 31.6 Å². The highest BCUT2D eigenvalue weighted by atomic mass is 32.2. The van der Waals surface area contributed by atoms with Crippen LogP contribution in [0, 0.1) is 0 Å². The maximum absolute atomic E-state index is 12.7. The SMILES string of the molecule is CC(=O)c1ccc(S(=O)(=O)N2CCC(c3ccccc3)C2)cc1. The summed E-state index contributed by atoms with van der Waals surface area (Å²) in [6.45, 7) is 2.49. The van der Waals surface area contributed by atoms with Gasteiger partial charge in [-0.15, -0.1) is 0 Å². The lowest BCUT2D eigenvalue weighted by molar-refractivity contribution is 0.101. The Bertz CT molecular complexity index is 798. The average Bonchev–Trinajstić information content (AvgIpc) is 3.06. The Hall–Kier alpha value is -1.98. The molecule has 0 amide bonds. The second kappa shape index (κ2) is 6.26. The highest BCUT2D eigenvalue weighted by molar-refractivity contribution is 7.89. The summed E-state index contributed by atoms with van der Waals surface area (Å²) in [6, 6.07) is 16.2. The molecule has 23 heavy (non-hydrogen) atoms. The quantitative estimate of drug-likeness (QED) is 0.810. The standard InChI is InChI=1S/C18H19NO3S/c1-14(20)15-7-9-18(10-8-15)23(21,22)19-12-11-17(13-19)16-5-3-2-4-6-16/h2-10,17H,11-13H2,1H3. The predicted octanol–water partition coefficient (Wildman–Crippen LogP) is 3.07. The Kier molecular flexibility index (Phi) is 4.33. The van der Waals surface area contributed by atoms with E-state index < -0.39 is 10.0 Å². The van der Waals surface area contributed by atoms with Crippen molar-refractivity contribution >= 4 is 15.8 Å². The van der Waals surface area contributed by atoms with Gasteiger partial charge in [0.2, 0.25) is 10.0 Å². The Morgan fingerprint density at radius 3 is 2.30 bits per heavy atom. The molecule has 5 heteroatoms. The molecular formula is C18H19NO3S. The van der Waals surface area contributed by atoms with Crippen LogP contribution in [0.4, 0.5) is 0 Å². The first-order chi connectivity index (χ1) is 11.0. The van der Waals surface area contributed by atoms with Crippen molar-refractivity contribution in [2.24, 2.45) is 0 Å². The van der Waals surface area contributed by atoms with Crippen LogP contribution in [0.15, 0.2) is 59.5 Å². The number of carbonyl (C=O) groups excluding carboxylic acids is 1. The molecule has 120 valence electrons. The van der Waals surface area contributed by atoms with Crippen molar-refractivity contribution in [3.8, 4) is 0 Å². The van der Waals surface area contributed by atoms with Crippen LogP contribution in [0.1, 0.15) is 35.2 Å². The molecule has 0 spiro atoms. The highest BCUT2D eigenvalue weighted by Crippen LogP contribution is 2.30. The van der Waals surface area contributed by atoms with Gasteiger partial charge < -0.3 is 0 Å². The van der Waals surface area contributed by atoms with E-state index in [-0.39, 0.29) is 16.6 Å². The summed E-state index contributed by atoms with van der Waals surface area (Å²) in [5.41, 5.74) is 1.70. The summed E-state index contributed by atoms with van der Waals surface area (Å²) in [5, 5.41) is 0. The number of benzene rings is 2. The normalized spacial score (nSPS) is 18.9. The molecule has 0 radical (unpaired) electrons. The fourth-order valence-electron chi connectivity index (χ4n) is 2.95. The number of carbonyl (C=O) groups is 1. The summed E-state index contributed by atoms with van der Waals surface area (Å²) >= 11 is 0. The summed E-state index contributed by atoms with van der Waals surface area (Å²) < 4.78 is 27.0. The van der Waals surface area contributed by atoms with E-state index in [1.807, 2.05) is 30.3 Å². The maximum atomic E-state index is 12.7. The Balaban J connectivity index is 1.79. The van der Waals surface area contributed by atoms with Crippen LogP contribution in [0.5, 0.6) is 0 Å². The molecule has 1 unspecified atom stereocenters. The molecule has 0 saturated carbocycles. The molecule has 0 bridgehead atoms. The number of ketones is 1. The van der Waals surface area contributed by atoms with Crippen molar-refractivity contribution in [3.63, 3.8) is 0 Å². The Morgan fingerprint density at radius 2 is 1.70 bits per heavy atom. The highest BCUT2D eigenvalue weighted by Gasteiger charge is 2.33. The molecule has 0 aromatic heterocycles. The molecule has 0 aliphatic carbocycles. The van der Waals surface area contributed by atoms with E-state index in [9.17, 15) is 13.2 Å². The van der Waals surface area contributed by atoms with Gasteiger partial charge in [0.1, 0.15) is 0 Å². The van der Waals surface area contributed by atoms with Gasteiger partial charge in [0.25, 0.3) is 0 Å². The van der Waals surface area contributed by atoms with Crippen molar-refractivity contribution in [2.45, 2.75) is 24.2 Å². The van der Waals surface area contributed by atoms with E-state index >= 15 is 0 Å². The lowest BCUT2D eigenvalue weighted by Crippen LogP contribution is -2.28. The van der Waals surface area contributed by atoms with Crippen LogP contribution in [0.3, 0.4) is 0 Å². The average molecular weight is 329 g/mol. The Morgan fingerprint density at radius 1 is 1.04 bits per heavy atom. The van der Waals surface area contributed by atoms with Gasteiger partial charge in [-0.3, -0.25) is 4.79 Å². The van der Waals surface area contributed by atoms with Gasteiger partial charge in [0, 0.05) is 18.7 Å². The van der Waals surface area contributed by atoms with E-state index in [0.717, 1.165) is 6.42 Å². The number of Topliss-reactive ketones (excluding diaryl/α,β-unsaturated/α-hetero) is 1. The Labute approximate surface area is 136 Å². The van der Waals surface area contributed by atoms with E-state index in [2.05, 4.69) is 0 Å². The lowest BCUT2D eigenvalue weighted by atomic mass is 9.99. The molecule has 1 aliphatic heterocycles. The van der Waals surface area contributed by atoms with Crippen molar-refractivity contribution in [2.75, 3.05) is 13.1 Å². The van der Waals surface area contributed by atoms with Crippen molar-refractivity contribution in [3.05, 3.63) is 65.7 Å². The lowest BCUT2D eigenvalue weighted by Gasteiger charge is -2.17. The minimum atomic E-state index is -3.50. The molecule has 0 N–H and O–H groups in total. The van der Waals surface area contributed by atoms with Gasteiger partial charge in [0.15, 0.2) is 5.78 Å². The largest absolute Gasteiger partial charge is 0.295 e. The van der Waals surface area contributed by atoms with Crippen LogP contribution >= 0.6 is 0 Å². The van der Waals surface area contributed by atoms with Gasteiger partial charge in [-0.05, 0) is 37.0 Å². The molecular weight excluding hydrogens is 310 g/mol. The number of sulfonamides is 1. The van der Waals surface area contributed by atoms with Crippen LogP contribution in [0.2, 0.25) is 0 Å². The van der Waals surface area contributed by atoms with E-state index in [0.29, 0.717) is 18.7 Å². The van der Waals surface area contributed by atoms with Gasteiger partial charge in [0.05, 0.1) is 4.90 Å². The minimum Gasteiger partial charge on any atom is -0.295 e. The molecule has 2 aromatic rings. The van der Waals surface area contributed by atoms with Gasteiger partial charge >= 0.3 is 0 Å². The molecule has 1 atom stereocenters. The van der Waals surface area contributed by atoms with Crippen LogP contribution in [-0.2, 0) is 10.0 Å². The van der Waals surface area contributed by atoms with Crippen LogP contribution in [0.25, 0.3) is 0 Å². The molecule has 1 heterocycles. The summed E-state index contributed by atoms with van der Waals surface area (Å²) in [6.07, 6.45) is 0.828. The molecule has 1 saturated heterocycles.